The van der Waals surface area contributed by atoms with E-state index in [1.54, 1.807) is 13.1 Å². The number of carbonyl (C=O) groups is 1. The van der Waals surface area contributed by atoms with Gasteiger partial charge in [0.1, 0.15) is 0 Å². The quantitative estimate of drug-likeness (QED) is 0.634. The van der Waals surface area contributed by atoms with Crippen LogP contribution in [0.4, 0.5) is 4.79 Å². The summed E-state index contributed by atoms with van der Waals surface area (Å²) in [6.07, 6.45) is 7.40. The number of rotatable bonds is 4. The molecule has 0 aromatic carbocycles. The van der Waals surface area contributed by atoms with Crippen molar-refractivity contribution in [3.05, 3.63) is 36.5 Å². The Morgan fingerprint density at radius 2 is 2.23 bits per heavy atom. The highest BCUT2D eigenvalue weighted by Gasteiger charge is 1.95. The standard InChI is InChI=1S/C10H16N2O/c1-4-6-9(7-5-2)8-12-10(13)11-3/h4-7H,1,8H2,2-3H3,(H2,11,12,13)/b7-5-,9-6+. The van der Waals surface area contributed by atoms with E-state index < -0.39 is 0 Å². The van der Waals surface area contributed by atoms with Gasteiger partial charge in [-0.05, 0) is 12.5 Å². The van der Waals surface area contributed by atoms with Crippen LogP contribution < -0.4 is 10.6 Å². The molecule has 0 aliphatic carbocycles. The van der Waals surface area contributed by atoms with Crippen molar-refractivity contribution in [3.8, 4) is 0 Å². The second kappa shape index (κ2) is 7.16. The van der Waals surface area contributed by atoms with Crippen LogP contribution in [0.2, 0.25) is 0 Å². The molecule has 0 heterocycles. The fraction of sp³-hybridized carbons (Fsp3) is 0.300. The zero-order chi connectivity index (χ0) is 10.1. The fourth-order valence-electron chi connectivity index (χ4n) is 0.810. The fourth-order valence-corrected chi connectivity index (χ4v) is 0.810. The molecule has 0 fully saturated rings. The Hall–Kier alpha value is -1.51. The first-order valence-electron chi connectivity index (χ1n) is 4.14. The van der Waals surface area contributed by atoms with Crippen molar-refractivity contribution in [2.24, 2.45) is 0 Å². The van der Waals surface area contributed by atoms with Gasteiger partial charge in [-0.2, -0.15) is 0 Å². The van der Waals surface area contributed by atoms with E-state index in [0.29, 0.717) is 6.54 Å². The van der Waals surface area contributed by atoms with Crippen LogP contribution in [0.15, 0.2) is 36.5 Å². The highest BCUT2D eigenvalue weighted by atomic mass is 16.2. The monoisotopic (exact) mass is 180 g/mol. The summed E-state index contributed by atoms with van der Waals surface area (Å²) in [5, 5.41) is 5.16. The predicted molar refractivity (Wildman–Crippen MR) is 55.6 cm³/mol. The van der Waals surface area contributed by atoms with Crippen molar-refractivity contribution in [2.75, 3.05) is 13.6 Å². The topological polar surface area (TPSA) is 41.1 Å². The van der Waals surface area contributed by atoms with Gasteiger partial charge in [0.2, 0.25) is 0 Å². The molecule has 0 aliphatic rings. The summed E-state index contributed by atoms with van der Waals surface area (Å²) in [4.78, 5) is 10.8. The number of amides is 2. The van der Waals surface area contributed by atoms with Crippen molar-refractivity contribution in [1.29, 1.82) is 0 Å². The van der Waals surface area contributed by atoms with Gasteiger partial charge in [0.05, 0.1) is 0 Å². The molecule has 72 valence electrons. The van der Waals surface area contributed by atoms with Crippen molar-refractivity contribution in [3.63, 3.8) is 0 Å². The van der Waals surface area contributed by atoms with E-state index in [4.69, 9.17) is 0 Å². The van der Waals surface area contributed by atoms with E-state index in [1.807, 2.05) is 25.2 Å². The molecule has 0 atom stereocenters. The van der Waals surface area contributed by atoms with Crippen molar-refractivity contribution < 1.29 is 4.79 Å². The summed E-state index contributed by atoms with van der Waals surface area (Å²) in [6, 6.07) is -0.181. The lowest BCUT2D eigenvalue weighted by atomic mass is 10.2. The summed E-state index contributed by atoms with van der Waals surface area (Å²) >= 11 is 0. The molecule has 0 rings (SSSR count). The van der Waals surface area contributed by atoms with Crippen molar-refractivity contribution in [2.45, 2.75) is 6.92 Å². The second-order valence-corrected chi connectivity index (χ2v) is 2.41. The van der Waals surface area contributed by atoms with Gasteiger partial charge in [-0.25, -0.2) is 4.79 Å². The lowest BCUT2D eigenvalue weighted by Crippen LogP contribution is -2.33. The summed E-state index contributed by atoms with van der Waals surface area (Å²) < 4.78 is 0. The molecule has 0 unspecified atom stereocenters. The van der Waals surface area contributed by atoms with Crippen LogP contribution in [-0.4, -0.2) is 19.6 Å². The van der Waals surface area contributed by atoms with Crippen LogP contribution in [0.1, 0.15) is 6.92 Å². The Labute approximate surface area is 79.2 Å². The number of hydrogen-bond donors (Lipinski definition) is 2. The van der Waals surface area contributed by atoms with Crippen LogP contribution in [-0.2, 0) is 0 Å². The predicted octanol–water partition coefficient (Wildman–Crippen LogP) is 1.60. The van der Waals surface area contributed by atoms with Crippen LogP contribution in [0, 0.1) is 0 Å². The smallest absolute Gasteiger partial charge is 0.314 e. The number of allylic oxidation sites excluding steroid dienone is 3. The maximum atomic E-state index is 10.8. The van der Waals surface area contributed by atoms with Gasteiger partial charge >= 0.3 is 6.03 Å². The maximum absolute atomic E-state index is 10.8. The normalized spacial score (nSPS) is 11.4. The molecule has 0 spiro atoms. The van der Waals surface area contributed by atoms with Crippen LogP contribution in [0.3, 0.4) is 0 Å². The van der Waals surface area contributed by atoms with E-state index in [-0.39, 0.29) is 6.03 Å². The molecule has 0 saturated heterocycles. The molecule has 3 heteroatoms. The number of carbonyl (C=O) groups excluding carboxylic acids is 1. The molecule has 0 radical (unpaired) electrons. The maximum Gasteiger partial charge on any atom is 0.314 e. The number of urea groups is 1. The Kier molecular flexibility index (Phi) is 6.32. The van der Waals surface area contributed by atoms with E-state index >= 15 is 0 Å². The number of nitrogens with one attached hydrogen (secondary N) is 2. The molecular weight excluding hydrogens is 164 g/mol. The van der Waals surface area contributed by atoms with E-state index in [2.05, 4.69) is 17.2 Å². The average Bonchev–Trinajstić information content (AvgIpc) is 2.14. The molecule has 2 amide bonds. The Morgan fingerprint density at radius 1 is 1.54 bits per heavy atom. The summed E-state index contributed by atoms with van der Waals surface area (Å²) in [7, 11) is 1.59. The Morgan fingerprint density at radius 3 is 2.69 bits per heavy atom. The molecule has 0 aromatic heterocycles. The third-order valence-electron chi connectivity index (χ3n) is 1.39. The van der Waals surface area contributed by atoms with Gasteiger partial charge in [0, 0.05) is 13.6 Å². The zero-order valence-corrected chi connectivity index (χ0v) is 8.13. The molecule has 13 heavy (non-hydrogen) atoms. The minimum atomic E-state index is -0.181. The molecular formula is C10H16N2O. The van der Waals surface area contributed by atoms with E-state index in [1.165, 1.54) is 0 Å². The van der Waals surface area contributed by atoms with E-state index in [0.717, 1.165) is 5.57 Å². The lowest BCUT2D eigenvalue weighted by molar-refractivity contribution is 0.244. The highest BCUT2D eigenvalue weighted by Crippen LogP contribution is 1.95. The van der Waals surface area contributed by atoms with Crippen LogP contribution in [0.25, 0.3) is 0 Å². The minimum Gasteiger partial charge on any atom is -0.341 e. The van der Waals surface area contributed by atoms with Gasteiger partial charge in [0.15, 0.2) is 0 Å². The van der Waals surface area contributed by atoms with Gasteiger partial charge in [-0.3, -0.25) is 0 Å². The Bertz CT molecular complexity index is 229. The highest BCUT2D eigenvalue weighted by molar-refractivity contribution is 5.73. The molecule has 0 aromatic rings. The first-order valence-corrected chi connectivity index (χ1v) is 4.14. The molecule has 0 saturated carbocycles. The molecule has 2 N–H and O–H groups in total. The number of hydrogen-bond acceptors (Lipinski definition) is 1. The van der Waals surface area contributed by atoms with Gasteiger partial charge in [-0.15, -0.1) is 0 Å². The summed E-state index contributed by atoms with van der Waals surface area (Å²) in [5.41, 5.74) is 1.01. The third-order valence-corrected chi connectivity index (χ3v) is 1.39. The molecule has 0 bridgehead atoms. The van der Waals surface area contributed by atoms with Crippen LogP contribution >= 0.6 is 0 Å². The second-order valence-electron chi connectivity index (χ2n) is 2.41. The van der Waals surface area contributed by atoms with Crippen molar-refractivity contribution in [1.82, 2.24) is 10.6 Å². The molecule has 3 nitrogen and oxygen atoms in total. The van der Waals surface area contributed by atoms with Crippen molar-refractivity contribution >= 4 is 6.03 Å². The molecule has 0 aliphatic heterocycles. The third kappa shape index (κ3) is 5.73. The van der Waals surface area contributed by atoms with Gasteiger partial charge < -0.3 is 10.6 Å². The summed E-state index contributed by atoms with van der Waals surface area (Å²) in [6.45, 7) is 6.03. The van der Waals surface area contributed by atoms with Gasteiger partial charge in [-0.1, -0.05) is 30.9 Å². The summed E-state index contributed by atoms with van der Waals surface area (Å²) in [5.74, 6) is 0. The SMILES string of the molecule is C=C/C=C(\C=C/C)CNC(=O)NC. The minimum absolute atomic E-state index is 0.181. The van der Waals surface area contributed by atoms with Crippen LogP contribution in [0.5, 0.6) is 0 Å². The zero-order valence-electron chi connectivity index (χ0n) is 8.13. The first-order chi connectivity index (χ1) is 6.24. The first kappa shape index (κ1) is 11.5. The van der Waals surface area contributed by atoms with Gasteiger partial charge in [0.25, 0.3) is 0 Å². The Balaban J connectivity index is 4.04. The van der Waals surface area contributed by atoms with E-state index in [9.17, 15) is 4.79 Å². The average molecular weight is 180 g/mol. The largest absolute Gasteiger partial charge is 0.341 e. The lowest BCUT2D eigenvalue weighted by Gasteiger charge is -2.04.